The maximum absolute atomic E-state index is 12.0. The van der Waals surface area contributed by atoms with Crippen molar-refractivity contribution in [1.29, 1.82) is 0 Å². The number of ether oxygens (including phenoxy) is 2. The molecule has 1 saturated heterocycles. The molecule has 5 rings (SSSR count). The summed E-state index contributed by atoms with van der Waals surface area (Å²) in [7, 11) is 0. The molecular formula is C36H60O7. The van der Waals surface area contributed by atoms with Crippen molar-refractivity contribution in [1.82, 2.24) is 0 Å². The summed E-state index contributed by atoms with van der Waals surface area (Å²) in [6, 6.07) is 0. The highest BCUT2D eigenvalue weighted by atomic mass is 16.7. The molecule has 246 valence electrons. The molecule has 2 unspecified atom stereocenters. The second kappa shape index (κ2) is 11.8. The standard InChI is InChI=1S/C36H60O7/c1-20(2)10-9-11-21(3)22-12-16-36(8)28(22)23(38)18-26-34(6)15-14-27(33(4,5)25(34)13-17-35(26,36)7)43-32-31(41)30(40)29(39)24(19-37)42-32/h10-11,22-32,37-41H,9,12-19H2,1-8H3/b21-11+/t22-,23+,24-,25?,26?,27-,28-,29-,30+,31-,32+,34+,35-,36+/m1/s1. The van der Waals surface area contributed by atoms with Crippen molar-refractivity contribution in [3.63, 3.8) is 0 Å². The minimum atomic E-state index is -1.44. The maximum Gasteiger partial charge on any atom is 0.186 e. The van der Waals surface area contributed by atoms with Crippen LogP contribution >= 0.6 is 0 Å². The van der Waals surface area contributed by atoms with Crippen LogP contribution in [0.2, 0.25) is 0 Å². The average Bonchev–Trinajstić information content (AvgIpc) is 3.31. The molecule has 0 aromatic carbocycles. The molecule has 0 spiro atoms. The van der Waals surface area contributed by atoms with E-state index in [1.54, 1.807) is 0 Å². The normalized spacial score (nSPS) is 51.3. The fourth-order valence-corrected chi connectivity index (χ4v) is 11.5. The van der Waals surface area contributed by atoms with Gasteiger partial charge in [-0.1, -0.05) is 57.9 Å². The van der Waals surface area contributed by atoms with Crippen LogP contribution in [-0.4, -0.2) is 75.1 Å². The lowest BCUT2D eigenvalue weighted by atomic mass is 9.35. The molecule has 14 atom stereocenters. The topological polar surface area (TPSA) is 120 Å². The zero-order chi connectivity index (χ0) is 31.7. The Morgan fingerprint density at radius 3 is 2.14 bits per heavy atom. The summed E-state index contributed by atoms with van der Waals surface area (Å²) in [4.78, 5) is 0. The van der Waals surface area contributed by atoms with E-state index in [0.29, 0.717) is 17.8 Å². The van der Waals surface area contributed by atoms with Crippen molar-refractivity contribution in [2.24, 2.45) is 45.3 Å². The van der Waals surface area contributed by atoms with Gasteiger partial charge in [0, 0.05) is 0 Å². The van der Waals surface area contributed by atoms with Crippen LogP contribution in [0, 0.1) is 45.3 Å². The Morgan fingerprint density at radius 1 is 0.814 bits per heavy atom. The van der Waals surface area contributed by atoms with Gasteiger partial charge in [0.2, 0.25) is 0 Å². The Labute approximate surface area is 259 Å². The first kappa shape index (κ1) is 33.6. The first-order valence-corrected chi connectivity index (χ1v) is 17.0. The Kier molecular flexibility index (Phi) is 9.19. The summed E-state index contributed by atoms with van der Waals surface area (Å²) in [5, 5.41) is 52.9. The Hall–Kier alpha value is -0.800. The lowest BCUT2D eigenvalue weighted by molar-refractivity contribution is -0.331. The minimum absolute atomic E-state index is 0.0348. The predicted molar refractivity (Wildman–Crippen MR) is 167 cm³/mol. The van der Waals surface area contributed by atoms with Gasteiger partial charge in [-0.05, 0) is 117 Å². The largest absolute Gasteiger partial charge is 0.394 e. The highest BCUT2D eigenvalue weighted by Crippen LogP contribution is 2.75. The molecule has 4 aliphatic carbocycles. The van der Waals surface area contributed by atoms with Gasteiger partial charge in [0.25, 0.3) is 0 Å². The molecule has 7 heteroatoms. The van der Waals surface area contributed by atoms with Crippen molar-refractivity contribution in [3.8, 4) is 0 Å². The number of aliphatic hydroxyl groups is 5. The van der Waals surface area contributed by atoms with Crippen LogP contribution in [0.25, 0.3) is 0 Å². The van der Waals surface area contributed by atoms with Crippen molar-refractivity contribution in [2.75, 3.05) is 6.61 Å². The van der Waals surface area contributed by atoms with E-state index in [0.717, 1.165) is 51.4 Å². The van der Waals surface area contributed by atoms with E-state index >= 15 is 0 Å². The number of aliphatic hydroxyl groups excluding tert-OH is 5. The fraction of sp³-hybridized carbons (Fsp3) is 0.889. The minimum Gasteiger partial charge on any atom is -0.394 e. The third-order valence-corrected chi connectivity index (χ3v) is 14.0. The second-order valence-electron chi connectivity index (χ2n) is 16.6. The van der Waals surface area contributed by atoms with Crippen LogP contribution in [0.5, 0.6) is 0 Å². The summed E-state index contributed by atoms with van der Waals surface area (Å²) in [5.74, 6) is 1.48. The molecule has 5 fully saturated rings. The molecule has 5 aliphatic rings. The Balaban J connectivity index is 1.38. The van der Waals surface area contributed by atoms with Gasteiger partial charge < -0.3 is 35.0 Å². The van der Waals surface area contributed by atoms with Crippen LogP contribution in [0.1, 0.15) is 107 Å². The van der Waals surface area contributed by atoms with Crippen LogP contribution in [0.4, 0.5) is 0 Å². The van der Waals surface area contributed by atoms with Crippen LogP contribution < -0.4 is 0 Å². The number of fused-ring (bicyclic) bond motifs is 5. The number of rotatable bonds is 6. The zero-order valence-corrected chi connectivity index (χ0v) is 27.9. The van der Waals surface area contributed by atoms with Crippen LogP contribution in [0.15, 0.2) is 23.3 Å². The van der Waals surface area contributed by atoms with Gasteiger partial charge in [-0.3, -0.25) is 0 Å². The third kappa shape index (κ3) is 5.21. The number of hydrogen-bond donors (Lipinski definition) is 5. The van der Waals surface area contributed by atoms with Gasteiger partial charge in [0.15, 0.2) is 6.29 Å². The highest BCUT2D eigenvalue weighted by Gasteiger charge is 2.70. The van der Waals surface area contributed by atoms with Crippen molar-refractivity contribution < 1.29 is 35.0 Å². The van der Waals surface area contributed by atoms with Gasteiger partial charge in [-0.15, -0.1) is 0 Å². The van der Waals surface area contributed by atoms with Gasteiger partial charge >= 0.3 is 0 Å². The molecule has 0 aromatic heterocycles. The Bertz CT molecular complexity index is 1080. The first-order valence-electron chi connectivity index (χ1n) is 17.0. The number of hydrogen-bond acceptors (Lipinski definition) is 7. The van der Waals surface area contributed by atoms with Crippen molar-refractivity contribution in [2.45, 2.75) is 150 Å². The van der Waals surface area contributed by atoms with Crippen molar-refractivity contribution >= 4 is 0 Å². The molecule has 5 N–H and O–H groups in total. The highest BCUT2D eigenvalue weighted by molar-refractivity contribution is 5.23. The van der Waals surface area contributed by atoms with Gasteiger partial charge in [0.1, 0.15) is 24.4 Å². The summed E-state index contributed by atoms with van der Waals surface area (Å²) in [6.45, 7) is 18.2. The van der Waals surface area contributed by atoms with Gasteiger partial charge in [0.05, 0.1) is 18.8 Å². The summed E-state index contributed by atoms with van der Waals surface area (Å²) in [5.41, 5.74) is 2.80. The maximum atomic E-state index is 12.0. The molecule has 1 heterocycles. The molecule has 43 heavy (non-hydrogen) atoms. The summed E-state index contributed by atoms with van der Waals surface area (Å²) in [6.07, 6.45) is 5.90. The molecule has 7 nitrogen and oxygen atoms in total. The SMILES string of the molecule is CC(C)=CC/C=C(\C)[C@H]1CC[C@@]2(C)[C@H]1[C@@H](O)CC1[C@@]3(C)CC[C@@H](O[C@@H]4O[C@H](CO)[C@@H](O)[C@H](O)[C@H]4O)C(C)(C)C3CC[C@]12C. The third-order valence-electron chi connectivity index (χ3n) is 14.0. The second-order valence-corrected chi connectivity index (χ2v) is 16.6. The molecule has 4 saturated carbocycles. The molecule has 0 aromatic rings. The zero-order valence-electron chi connectivity index (χ0n) is 27.9. The van der Waals surface area contributed by atoms with E-state index in [4.69, 9.17) is 9.47 Å². The molecular weight excluding hydrogens is 544 g/mol. The molecule has 1 aliphatic heterocycles. The summed E-state index contributed by atoms with van der Waals surface area (Å²) < 4.78 is 12.2. The van der Waals surface area contributed by atoms with E-state index in [1.165, 1.54) is 11.1 Å². The molecule has 0 amide bonds. The van der Waals surface area contributed by atoms with Gasteiger partial charge in [-0.25, -0.2) is 0 Å². The monoisotopic (exact) mass is 604 g/mol. The van der Waals surface area contributed by atoms with E-state index in [1.807, 2.05) is 0 Å². The van der Waals surface area contributed by atoms with Gasteiger partial charge in [-0.2, -0.15) is 0 Å². The lowest BCUT2D eigenvalue weighted by Crippen LogP contribution is -2.67. The van der Waals surface area contributed by atoms with E-state index in [2.05, 4.69) is 67.5 Å². The number of allylic oxidation sites excluding steroid dienone is 4. The quantitative estimate of drug-likeness (QED) is 0.211. The van der Waals surface area contributed by atoms with Crippen LogP contribution in [-0.2, 0) is 9.47 Å². The lowest BCUT2D eigenvalue weighted by Gasteiger charge is -2.70. The smallest absolute Gasteiger partial charge is 0.186 e. The first-order chi connectivity index (χ1) is 20.0. The molecule has 0 radical (unpaired) electrons. The van der Waals surface area contributed by atoms with E-state index in [-0.39, 0.29) is 39.8 Å². The van der Waals surface area contributed by atoms with E-state index < -0.39 is 37.3 Å². The van der Waals surface area contributed by atoms with Crippen molar-refractivity contribution in [3.05, 3.63) is 23.3 Å². The average molecular weight is 605 g/mol. The molecule has 0 bridgehead atoms. The fourth-order valence-electron chi connectivity index (χ4n) is 11.5. The van der Waals surface area contributed by atoms with E-state index in [9.17, 15) is 25.5 Å². The Morgan fingerprint density at radius 2 is 1.49 bits per heavy atom. The van der Waals surface area contributed by atoms with Crippen LogP contribution in [0.3, 0.4) is 0 Å². The predicted octanol–water partition coefficient (Wildman–Crippen LogP) is 5.13. The summed E-state index contributed by atoms with van der Waals surface area (Å²) >= 11 is 0.